The Balaban J connectivity index is 1.73. The SMILES string of the molecule is CC1(C)CCCN(CC2CCC(CN)CC2)CC1. The first-order valence-corrected chi connectivity index (χ1v) is 8.01. The molecule has 0 atom stereocenters. The zero-order valence-electron chi connectivity index (χ0n) is 12.5. The molecule has 106 valence electrons. The van der Waals surface area contributed by atoms with Crippen molar-refractivity contribution in [1.82, 2.24) is 4.90 Å². The minimum atomic E-state index is 0.575. The van der Waals surface area contributed by atoms with Crippen LogP contribution < -0.4 is 5.73 Å². The topological polar surface area (TPSA) is 29.3 Å². The fourth-order valence-corrected chi connectivity index (χ4v) is 3.68. The highest BCUT2D eigenvalue weighted by atomic mass is 15.1. The highest BCUT2D eigenvalue weighted by molar-refractivity contribution is 4.80. The van der Waals surface area contributed by atoms with Crippen molar-refractivity contribution < 1.29 is 0 Å². The third-order valence-corrected chi connectivity index (χ3v) is 5.25. The Labute approximate surface area is 113 Å². The van der Waals surface area contributed by atoms with Crippen molar-refractivity contribution in [2.45, 2.75) is 58.8 Å². The lowest BCUT2D eigenvalue weighted by Gasteiger charge is -2.32. The fraction of sp³-hybridized carbons (Fsp3) is 1.00. The number of hydrogen-bond acceptors (Lipinski definition) is 2. The Morgan fingerprint density at radius 3 is 2.33 bits per heavy atom. The lowest BCUT2D eigenvalue weighted by Crippen LogP contribution is -2.33. The lowest BCUT2D eigenvalue weighted by atomic mass is 9.82. The molecule has 2 aliphatic rings. The average molecular weight is 252 g/mol. The van der Waals surface area contributed by atoms with Crippen LogP contribution in [0, 0.1) is 17.3 Å². The monoisotopic (exact) mass is 252 g/mol. The van der Waals surface area contributed by atoms with E-state index in [2.05, 4.69) is 18.7 Å². The molecule has 0 aromatic rings. The van der Waals surface area contributed by atoms with E-state index in [9.17, 15) is 0 Å². The molecule has 0 amide bonds. The van der Waals surface area contributed by atoms with Crippen molar-refractivity contribution in [2.75, 3.05) is 26.2 Å². The Morgan fingerprint density at radius 2 is 1.67 bits per heavy atom. The van der Waals surface area contributed by atoms with E-state index in [-0.39, 0.29) is 0 Å². The van der Waals surface area contributed by atoms with Gasteiger partial charge in [-0.05, 0) is 81.8 Å². The van der Waals surface area contributed by atoms with Crippen molar-refractivity contribution >= 4 is 0 Å². The number of likely N-dealkylation sites (tertiary alicyclic amines) is 1. The Hall–Kier alpha value is -0.0800. The van der Waals surface area contributed by atoms with Crippen molar-refractivity contribution in [2.24, 2.45) is 23.0 Å². The van der Waals surface area contributed by atoms with Crippen molar-refractivity contribution in [3.8, 4) is 0 Å². The second-order valence-electron chi connectivity index (χ2n) is 7.44. The molecule has 1 aliphatic carbocycles. The van der Waals surface area contributed by atoms with Gasteiger partial charge >= 0.3 is 0 Å². The smallest absolute Gasteiger partial charge is 0.000966 e. The summed E-state index contributed by atoms with van der Waals surface area (Å²) in [6, 6.07) is 0. The molecule has 0 radical (unpaired) electrons. The van der Waals surface area contributed by atoms with E-state index in [1.54, 1.807) is 0 Å². The summed E-state index contributed by atoms with van der Waals surface area (Å²) in [6.07, 6.45) is 9.77. The number of hydrogen-bond donors (Lipinski definition) is 1. The van der Waals surface area contributed by atoms with Gasteiger partial charge in [0.2, 0.25) is 0 Å². The summed E-state index contributed by atoms with van der Waals surface area (Å²) < 4.78 is 0. The predicted molar refractivity (Wildman–Crippen MR) is 78.6 cm³/mol. The van der Waals surface area contributed by atoms with E-state index in [0.717, 1.165) is 18.4 Å². The summed E-state index contributed by atoms with van der Waals surface area (Å²) in [6.45, 7) is 9.79. The van der Waals surface area contributed by atoms with E-state index < -0.39 is 0 Å². The molecule has 0 aromatic heterocycles. The second-order valence-corrected chi connectivity index (χ2v) is 7.44. The van der Waals surface area contributed by atoms with Crippen LogP contribution in [0.1, 0.15) is 58.8 Å². The molecule has 1 aliphatic heterocycles. The fourth-order valence-electron chi connectivity index (χ4n) is 3.68. The molecule has 2 rings (SSSR count). The first-order chi connectivity index (χ1) is 8.59. The second kappa shape index (κ2) is 6.38. The summed E-state index contributed by atoms with van der Waals surface area (Å²) in [4.78, 5) is 2.74. The van der Waals surface area contributed by atoms with Gasteiger partial charge in [-0.15, -0.1) is 0 Å². The van der Waals surface area contributed by atoms with Gasteiger partial charge < -0.3 is 10.6 Å². The minimum Gasteiger partial charge on any atom is -0.330 e. The van der Waals surface area contributed by atoms with Crippen molar-refractivity contribution in [3.63, 3.8) is 0 Å². The molecule has 1 heterocycles. The largest absolute Gasteiger partial charge is 0.330 e. The van der Waals surface area contributed by atoms with Crippen molar-refractivity contribution in [3.05, 3.63) is 0 Å². The molecule has 2 nitrogen and oxygen atoms in total. The molecule has 0 bridgehead atoms. The van der Waals surface area contributed by atoms with Crippen LogP contribution >= 0.6 is 0 Å². The quantitative estimate of drug-likeness (QED) is 0.835. The van der Waals surface area contributed by atoms with Crippen LogP contribution in [0.2, 0.25) is 0 Å². The standard InChI is InChI=1S/C16H32N2/c1-16(2)8-3-10-18(11-9-16)13-15-6-4-14(12-17)5-7-15/h14-15H,3-13,17H2,1-2H3. The van der Waals surface area contributed by atoms with Crippen LogP contribution in [0.4, 0.5) is 0 Å². The van der Waals surface area contributed by atoms with Crippen LogP contribution in [0.3, 0.4) is 0 Å². The van der Waals surface area contributed by atoms with Gasteiger partial charge in [-0.1, -0.05) is 13.8 Å². The number of rotatable bonds is 3. The summed E-state index contributed by atoms with van der Waals surface area (Å²) in [5.41, 5.74) is 6.35. The average Bonchev–Trinajstić information content (AvgIpc) is 2.52. The van der Waals surface area contributed by atoms with Gasteiger partial charge in [-0.2, -0.15) is 0 Å². The molecular weight excluding hydrogens is 220 g/mol. The van der Waals surface area contributed by atoms with Gasteiger partial charge in [0.25, 0.3) is 0 Å². The van der Waals surface area contributed by atoms with E-state index in [4.69, 9.17) is 5.73 Å². The molecule has 0 aromatic carbocycles. The zero-order valence-corrected chi connectivity index (χ0v) is 12.5. The maximum Gasteiger partial charge on any atom is 0.000966 e. The van der Waals surface area contributed by atoms with Crippen LogP contribution in [-0.4, -0.2) is 31.1 Å². The summed E-state index contributed by atoms with van der Waals surface area (Å²) in [7, 11) is 0. The van der Waals surface area contributed by atoms with Crippen molar-refractivity contribution in [1.29, 1.82) is 0 Å². The van der Waals surface area contributed by atoms with Crippen LogP contribution in [-0.2, 0) is 0 Å². The maximum atomic E-state index is 5.77. The summed E-state index contributed by atoms with van der Waals surface area (Å²) in [5, 5.41) is 0. The van der Waals surface area contributed by atoms with E-state index in [1.807, 2.05) is 0 Å². The summed E-state index contributed by atoms with van der Waals surface area (Å²) in [5.74, 6) is 1.78. The van der Waals surface area contributed by atoms with Gasteiger partial charge in [-0.25, -0.2) is 0 Å². The van der Waals surface area contributed by atoms with Gasteiger partial charge in [0.1, 0.15) is 0 Å². The highest BCUT2D eigenvalue weighted by Crippen LogP contribution is 2.32. The molecule has 1 saturated heterocycles. The number of nitrogens with two attached hydrogens (primary N) is 1. The van der Waals surface area contributed by atoms with E-state index >= 15 is 0 Å². The molecule has 2 heteroatoms. The normalized spacial score (nSPS) is 34.2. The first kappa shape index (κ1) is 14.3. The van der Waals surface area contributed by atoms with Gasteiger partial charge in [0.05, 0.1) is 0 Å². The Morgan fingerprint density at radius 1 is 1.00 bits per heavy atom. The van der Waals surface area contributed by atoms with Gasteiger partial charge in [0, 0.05) is 6.54 Å². The predicted octanol–water partition coefficient (Wildman–Crippen LogP) is 3.26. The van der Waals surface area contributed by atoms with E-state index in [0.29, 0.717) is 5.41 Å². The zero-order chi connectivity index (χ0) is 13.0. The maximum absolute atomic E-state index is 5.77. The van der Waals surface area contributed by atoms with Crippen LogP contribution in [0.25, 0.3) is 0 Å². The third kappa shape index (κ3) is 4.24. The Bertz CT molecular complexity index is 241. The van der Waals surface area contributed by atoms with Crippen LogP contribution in [0.15, 0.2) is 0 Å². The highest BCUT2D eigenvalue weighted by Gasteiger charge is 2.26. The number of nitrogens with zero attached hydrogens (tertiary/aromatic N) is 1. The lowest BCUT2D eigenvalue weighted by molar-refractivity contribution is 0.181. The molecule has 2 fully saturated rings. The van der Waals surface area contributed by atoms with Gasteiger partial charge in [0.15, 0.2) is 0 Å². The van der Waals surface area contributed by atoms with Gasteiger partial charge in [-0.3, -0.25) is 0 Å². The third-order valence-electron chi connectivity index (χ3n) is 5.25. The Kier molecular flexibility index (Phi) is 5.08. The molecule has 1 saturated carbocycles. The molecular formula is C16H32N2. The molecule has 0 spiro atoms. The molecule has 18 heavy (non-hydrogen) atoms. The van der Waals surface area contributed by atoms with E-state index in [1.165, 1.54) is 64.6 Å². The molecule has 2 N–H and O–H groups in total. The molecule has 0 unspecified atom stereocenters. The first-order valence-electron chi connectivity index (χ1n) is 8.01. The summed E-state index contributed by atoms with van der Waals surface area (Å²) >= 11 is 0. The van der Waals surface area contributed by atoms with Crippen LogP contribution in [0.5, 0.6) is 0 Å². The minimum absolute atomic E-state index is 0.575.